The molecule has 7 nitrogen and oxygen atoms in total. The molecule has 3 fully saturated rings. The smallest absolute Gasteiger partial charge is 0.236 e. The molecule has 0 radical (unpaired) electrons. The van der Waals surface area contributed by atoms with Gasteiger partial charge < -0.3 is 19.6 Å². The first-order chi connectivity index (χ1) is 14.6. The van der Waals surface area contributed by atoms with Crippen LogP contribution in [0.15, 0.2) is 30.3 Å². The summed E-state index contributed by atoms with van der Waals surface area (Å²) in [5.41, 5.74) is -0.381. The highest BCUT2D eigenvalue weighted by molar-refractivity contribution is 5.79. The third-order valence-corrected chi connectivity index (χ3v) is 6.91. The summed E-state index contributed by atoms with van der Waals surface area (Å²) in [6, 6.07) is 9.49. The van der Waals surface area contributed by atoms with Crippen molar-refractivity contribution in [2.45, 2.75) is 25.7 Å². The van der Waals surface area contributed by atoms with Crippen LogP contribution >= 0.6 is 0 Å². The second kappa shape index (κ2) is 9.35. The molecule has 0 aromatic heterocycles. The number of hydrogen-bond acceptors (Lipinski definition) is 5. The van der Waals surface area contributed by atoms with Crippen molar-refractivity contribution in [1.29, 1.82) is 0 Å². The maximum Gasteiger partial charge on any atom is 0.236 e. The molecule has 0 spiro atoms. The number of amides is 2. The lowest BCUT2D eigenvalue weighted by molar-refractivity contribution is -0.133. The van der Waals surface area contributed by atoms with E-state index in [0.29, 0.717) is 45.8 Å². The van der Waals surface area contributed by atoms with E-state index in [4.69, 9.17) is 4.74 Å². The molecule has 0 bridgehead atoms. The van der Waals surface area contributed by atoms with Gasteiger partial charge in [0.15, 0.2) is 0 Å². The van der Waals surface area contributed by atoms with Crippen molar-refractivity contribution in [3.63, 3.8) is 0 Å². The third kappa shape index (κ3) is 4.62. The summed E-state index contributed by atoms with van der Waals surface area (Å²) in [6.45, 7) is 5.15. The second-order valence-corrected chi connectivity index (χ2v) is 9.01. The van der Waals surface area contributed by atoms with E-state index >= 15 is 0 Å². The Kier molecular flexibility index (Phi) is 6.58. The second-order valence-electron chi connectivity index (χ2n) is 9.01. The Morgan fingerprint density at radius 1 is 1.00 bits per heavy atom. The Balaban J connectivity index is 1.27. The van der Waals surface area contributed by atoms with Gasteiger partial charge >= 0.3 is 0 Å². The summed E-state index contributed by atoms with van der Waals surface area (Å²) >= 11 is 0. The Bertz CT molecular complexity index is 737. The normalized spacial score (nSPS) is 26.6. The van der Waals surface area contributed by atoms with E-state index in [1.54, 1.807) is 0 Å². The number of likely N-dealkylation sites (tertiary alicyclic amines) is 3. The minimum absolute atomic E-state index is 0.00938. The average molecular weight is 416 g/mol. The van der Waals surface area contributed by atoms with Crippen molar-refractivity contribution in [2.24, 2.45) is 11.3 Å². The number of aliphatic hydroxyl groups excluding tert-OH is 1. The summed E-state index contributed by atoms with van der Waals surface area (Å²) in [4.78, 5) is 31.5. The van der Waals surface area contributed by atoms with Gasteiger partial charge in [-0.1, -0.05) is 24.6 Å². The molecular weight excluding hydrogens is 382 g/mol. The molecule has 0 aliphatic carbocycles. The molecule has 1 aromatic carbocycles. The molecule has 1 aromatic rings. The maximum absolute atomic E-state index is 12.8. The number of para-hydroxylation sites is 1. The van der Waals surface area contributed by atoms with Crippen LogP contribution in [-0.4, -0.2) is 90.6 Å². The van der Waals surface area contributed by atoms with E-state index in [1.807, 2.05) is 40.1 Å². The minimum Gasteiger partial charge on any atom is -0.493 e. The molecule has 3 aliphatic heterocycles. The summed E-state index contributed by atoms with van der Waals surface area (Å²) in [5.74, 6) is 1.12. The lowest BCUT2D eigenvalue weighted by Crippen LogP contribution is -2.44. The fourth-order valence-electron chi connectivity index (χ4n) is 5.12. The number of carbonyl (C=O) groups is 2. The molecule has 30 heavy (non-hydrogen) atoms. The van der Waals surface area contributed by atoms with Gasteiger partial charge in [-0.3, -0.25) is 14.5 Å². The van der Waals surface area contributed by atoms with E-state index in [-0.39, 0.29) is 29.8 Å². The number of hydrogen-bond donors (Lipinski definition) is 1. The Labute approximate surface area is 178 Å². The molecule has 0 saturated carbocycles. The molecule has 7 heteroatoms. The van der Waals surface area contributed by atoms with Crippen LogP contribution in [0.5, 0.6) is 5.75 Å². The monoisotopic (exact) mass is 415 g/mol. The summed E-state index contributed by atoms with van der Waals surface area (Å²) in [5, 5.41) is 10.2. The lowest BCUT2D eigenvalue weighted by atomic mass is 9.82. The number of benzene rings is 1. The van der Waals surface area contributed by atoms with Gasteiger partial charge in [-0.25, -0.2) is 0 Å². The molecule has 4 rings (SSSR count). The number of ether oxygens (including phenoxy) is 1. The van der Waals surface area contributed by atoms with E-state index in [2.05, 4.69) is 4.90 Å². The minimum atomic E-state index is -0.381. The van der Waals surface area contributed by atoms with Gasteiger partial charge in [0.05, 0.1) is 26.2 Å². The van der Waals surface area contributed by atoms with Crippen LogP contribution in [0.2, 0.25) is 0 Å². The number of carbonyl (C=O) groups excluding carboxylic acids is 2. The highest BCUT2D eigenvalue weighted by Gasteiger charge is 2.54. The van der Waals surface area contributed by atoms with Gasteiger partial charge in [-0.05, 0) is 38.1 Å². The number of piperidine rings is 1. The Morgan fingerprint density at radius 2 is 1.67 bits per heavy atom. The van der Waals surface area contributed by atoms with Crippen LogP contribution in [0, 0.1) is 11.3 Å². The maximum atomic E-state index is 12.8. The predicted octanol–water partition coefficient (Wildman–Crippen LogP) is 1.22. The van der Waals surface area contributed by atoms with Gasteiger partial charge in [-0.2, -0.15) is 0 Å². The van der Waals surface area contributed by atoms with E-state index in [0.717, 1.165) is 18.8 Å². The van der Waals surface area contributed by atoms with Crippen molar-refractivity contribution in [2.75, 3.05) is 59.0 Å². The van der Waals surface area contributed by atoms with Gasteiger partial charge in [0.2, 0.25) is 11.8 Å². The Morgan fingerprint density at radius 3 is 2.30 bits per heavy atom. The first kappa shape index (κ1) is 21.1. The SMILES string of the molecule is O=C(CCOc1ccccc1)N1C[C@@H]2CN(C(=O)CN3CCCCC3)C[C@]2(CO)C1. The summed E-state index contributed by atoms with van der Waals surface area (Å²) in [7, 11) is 0. The van der Waals surface area contributed by atoms with Crippen LogP contribution < -0.4 is 4.74 Å². The average Bonchev–Trinajstić information content (AvgIpc) is 3.30. The number of aliphatic hydroxyl groups is 1. The van der Waals surface area contributed by atoms with Crippen molar-refractivity contribution in [1.82, 2.24) is 14.7 Å². The van der Waals surface area contributed by atoms with E-state index < -0.39 is 0 Å². The zero-order valence-electron chi connectivity index (χ0n) is 17.7. The summed E-state index contributed by atoms with van der Waals surface area (Å²) < 4.78 is 5.65. The highest BCUT2D eigenvalue weighted by Crippen LogP contribution is 2.42. The molecular formula is C23H33N3O4. The summed E-state index contributed by atoms with van der Waals surface area (Å²) in [6.07, 6.45) is 3.91. The molecule has 1 N–H and O–H groups in total. The fraction of sp³-hybridized carbons (Fsp3) is 0.652. The molecule has 164 valence electrons. The Hall–Kier alpha value is -2.12. The number of nitrogens with zero attached hydrogens (tertiary/aromatic N) is 3. The predicted molar refractivity (Wildman–Crippen MR) is 113 cm³/mol. The van der Waals surface area contributed by atoms with E-state index in [9.17, 15) is 14.7 Å². The zero-order valence-corrected chi connectivity index (χ0v) is 17.7. The molecule has 2 atom stereocenters. The van der Waals surface area contributed by atoms with Crippen LogP contribution in [-0.2, 0) is 9.59 Å². The van der Waals surface area contributed by atoms with Crippen molar-refractivity contribution in [3.8, 4) is 5.75 Å². The van der Waals surface area contributed by atoms with E-state index in [1.165, 1.54) is 19.3 Å². The van der Waals surface area contributed by atoms with Crippen LogP contribution in [0.4, 0.5) is 0 Å². The molecule has 3 heterocycles. The fourth-order valence-corrected chi connectivity index (χ4v) is 5.12. The van der Waals surface area contributed by atoms with Crippen LogP contribution in [0.1, 0.15) is 25.7 Å². The first-order valence-electron chi connectivity index (χ1n) is 11.2. The van der Waals surface area contributed by atoms with Crippen molar-refractivity contribution >= 4 is 11.8 Å². The zero-order chi connectivity index (χ0) is 21.0. The van der Waals surface area contributed by atoms with Gasteiger partial charge in [-0.15, -0.1) is 0 Å². The lowest BCUT2D eigenvalue weighted by Gasteiger charge is -2.30. The molecule has 2 amide bonds. The molecule has 3 saturated heterocycles. The van der Waals surface area contributed by atoms with Crippen LogP contribution in [0.25, 0.3) is 0 Å². The largest absolute Gasteiger partial charge is 0.493 e. The van der Waals surface area contributed by atoms with Crippen molar-refractivity contribution in [3.05, 3.63) is 30.3 Å². The first-order valence-corrected chi connectivity index (χ1v) is 11.2. The van der Waals surface area contributed by atoms with Crippen molar-refractivity contribution < 1.29 is 19.4 Å². The number of rotatable bonds is 7. The third-order valence-electron chi connectivity index (χ3n) is 6.91. The van der Waals surface area contributed by atoms with Gasteiger partial charge in [0.25, 0.3) is 0 Å². The highest BCUT2D eigenvalue weighted by atomic mass is 16.5. The molecule has 0 unspecified atom stereocenters. The van der Waals surface area contributed by atoms with Crippen LogP contribution in [0.3, 0.4) is 0 Å². The quantitative estimate of drug-likeness (QED) is 0.725. The topological polar surface area (TPSA) is 73.3 Å². The van der Waals surface area contributed by atoms with Gasteiger partial charge in [0, 0.05) is 37.5 Å². The molecule has 3 aliphatic rings. The van der Waals surface area contributed by atoms with Gasteiger partial charge in [0.1, 0.15) is 5.75 Å². The number of fused-ring (bicyclic) bond motifs is 1. The standard InChI is InChI=1S/C23H33N3O4/c27-18-23-16-25(21(28)9-12-30-20-7-3-1-4-8-20)13-19(23)14-26(17-23)22(29)15-24-10-5-2-6-11-24/h1,3-4,7-8,19,27H,2,5-6,9-18H2/t19-,23+/m1/s1.